The highest BCUT2D eigenvalue weighted by Crippen LogP contribution is 2.35. The molecule has 1 saturated heterocycles. The van der Waals surface area contributed by atoms with Gasteiger partial charge >= 0.3 is 0 Å². The molecule has 0 unspecified atom stereocenters. The Hall–Kier alpha value is -2.32. The molecule has 0 aliphatic carbocycles. The number of fused-ring (bicyclic) bond motifs is 1. The molecule has 0 spiro atoms. The largest absolute Gasteiger partial charge is 0.369 e. The lowest BCUT2D eigenvalue weighted by atomic mass is 10.0. The number of anilines is 1. The molecule has 1 aromatic carbocycles. The van der Waals surface area contributed by atoms with Crippen LogP contribution in [-0.4, -0.2) is 38.4 Å². The molecule has 2 heterocycles. The lowest BCUT2D eigenvalue weighted by Crippen LogP contribution is -2.47. The van der Waals surface area contributed by atoms with Crippen LogP contribution in [-0.2, 0) is 21.2 Å². The van der Waals surface area contributed by atoms with Crippen LogP contribution in [0, 0.1) is 13.8 Å². The molecule has 1 atom stereocenters. The minimum Gasteiger partial charge on any atom is -0.369 e. The number of carbonyl (C=O) groups is 1. The molecule has 0 saturated carbocycles. The number of nitrogens with zero attached hydrogens (tertiary/aromatic N) is 1. The first-order valence-corrected chi connectivity index (χ1v) is 10.5. The van der Waals surface area contributed by atoms with Crippen LogP contribution in [0.2, 0.25) is 0 Å². The fraction of sp³-hybridized carbons (Fsp3) is 0.421. The maximum atomic E-state index is 11.8. The van der Waals surface area contributed by atoms with Gasteiger partial charge in [0, 0.05) is 41.3 Å². The predicted molar refractivity (Wildman–Crippen MR) is 108 cm³/mol. The lowest BCUT2D eigenvalue weighted by Gasteiger charge is -2.35. The number of H-pyrrole nitrogens is 1. The van der Waals surface area contributed by atoms with E-state index in [-0.39, 0.29) is 18.4 Å². The second-order valence-electron chi connectivity index (χ2n) is 7.13. The van der Waals surface area contributed by atoms with Crippen molar-refractivity contribution in [1.29, 1.82) is 0 Å². The minimum atomic E-state index is -3.46. The number of hydrogen-bond donors (Lipinski definition) is 3. The van der Waals surface area contributed by atoms with Crippen molar-refractivity contribution in [1.82, 2.24) is 9.71 Å². The van der Waals surface area contributed by atoms with Crippen LogP contribution >= 0.6 is 0 Å². The molecule has 0 bridgehead atoms. The highest BCUT2D eigenvalue weighted by atomic mass is 32.2. The molecule has 4 N–H and O–H groups in total. The van der Waals surface area contributed by atoms with Crippen molar-refractivity contribution in [2.75, 3.05) is 18.0 Å². The van der Waals surface area contributed by atoms with Gasteiger partial charge in [-0.15, -0.1) is 0 Å². The molecule has 7 nitrogen and oxygen atoms in total. The SMILES string of the molecule is C=CS(=O)(=O)N[C@@H]1CCCN(c2ccc(CC(N)=O)c3[nH]c(C)c(C)c23)C1. The predicted octanol–water partition coefficient (Wildman–Crippen LogP) is 1.84. The third-order valence-corrected chi connectivity index (χ3v) is 6.30. The Morgan fingerprint density at radius 3 is 2.85 bits per heavy atom. The van der Waals surface area contributed by atoms with Gasteiger partial charge in [-0.3, -0.25) is 4.79 Å². The topological polar surface area (TPSA) is 108 Å². The van der Waals surface area contributed by atoms with Gasteiger partial charge in [-0.2, -0.15) is 0 Å². The van der Waals surface area contributed by atoms with E-state index in [2.05, 4.69) is 21.2 Å². The molecule has 3 rings (SSSR count). The van der Waals surface area contributed by atoms with Crippen LogP contribution in [0.25, 0.3) is 10.9 Å². The second kappa shape index (κ2) is 7.36. The monoisotopic (exact) mass is 390 g/mol. The fourth-order valence-electron chi connectivity index (χ4n) is 3.80. The molecule has 1 aliphatic heterocycles. The Morgan fingerprint density at radius 2 is 2.19 bits per heavy atom. The van der Waals surface area contributed by atoms with Crippen molar-refractivity contribution in [3.8, 4) is 0 Å². The molecule has 1 aromatic heterocycles. The van der Waals surface area contributed by atoms with E-state index < -0.39 is 10.0 Å². The molecule has 1 aliphatic rings. The number of nitrogens with one attached hydrogen (secondary N) is 2. The summed E-state index contributed by atoms with van der Waals surface area (Å²) in [5.74, 6) is -0.370. The summed E-state index contributed by atoms with van der Waals surface area (Å²) in [4.78, 5) is 17.0. The van der Waals surface area contributed by atoms with Crippen LogP contribution in [0.1, 0.15) is 29.7 Å². The molecule has 8 heteroatoms. The maximum absolute atomic E-state index is 11.8. The first kappa shape index (κ1) is 19.4. The number of carbonyl (C=O) groups excluding carboxylic acids is 1. The average Bonchev–Trinajstić information content (AvgIpc) is 2.91. The van der Waals surface area contributed by atoms with Gasteiger partial charge in [0.1, 0.15) is 0 Å². The summed E-state index contributed by atoms with van der Waals surface area (Å²) in [5, 5.41) is 2.01. The van der Waals surface area contributed by atoms with Gasteiger partial charge in [0.15, 0.2) is 0 Å². The fourth-order valence-corrected chi connectivity index (χ4v) is 4.55. The second-order valence-corrected chi connectivity index (χ2v) is 8.79. The smallest absolute Gasteiger partial charge is 0.233 e. The normalized spacial score (nSPS) is 18.0. The zero-order valence-electron chi connectivity index (χ0n) is 15.7. The summed E-state index contributed by atoms with van der Waals surface area (Å²) in [6.07, 6.45) is 1.85. The summed E-state index contributed by atoms with van der Waals surface area (Å²) >= 11 is 0. The Labute approximate surface area is 159 Å². The Kier molecular flexibility index (Phi) is 5.30. The summed E-state index contributed by atoms with van der Waals surface area (Å²) < 4.78 is 26.4. The maximum Gasteiger partial charge on any atom is 0.233 e. The summed E-state index contributed by atoms with van der Waals surface area (Å²) in [5.41, 5.74) is 10.4. The molecular weight excluding hydrogens is 364 g/mol. The number of primary amides is 1. The van der Waals surface area contributed by atoms with Gasteiger partial charge in [0.2, 0.25) is 15.9 Å². The number of hydrogen-bond acceptors (Lipinski definition) is 4. The molecule has 2 aromatic rings. The van der Waals surface area contributed by atoms with Crippen molar-refractivity contribution in [3.05, 3.63) is 40.9 Å². The Balaban J connectivity index is 1.99. The molecule has 1 amide bonds. The first-order chi connectivity index (χ1) is 12.7. The van der Waals surface area contributed by atoms with Crippen LogP contribution < -0.4 is 15.4 Å². The van der Waals surface area contributed by atoms with E-state index in [4.69, 9.17) is 5.73 Å². The number of piperidine rings is 1. The number of rotatable bonds is 6. The van der Waals surface area contributed by atoms with Crippen LogP contribution in [0.4, 0.5) is 5.69 Å². The van der Waals surface area contributed by atoms with Crippen molar-refractivity contribution >= 4 is 32.5 Å². The van der Waals surface area contributed by atoms with Crippen molar-refractivity contribution in [2.45, 2.75) is 39.2 Å². The number of aryl methyl sites for hydroxylation is 2. The number of aromatic amines is 1. The number of nitrogens with two attached hydrogens (primary N) is 1. The average molecular weight is 391 g/mol. The molecule has 146 valence electrons. The number of sulfonamides is 1. The zero-order chi connectivity index (χ0) is 19.8. The van der Waals surface area contributed by atoms with E-state index in [1.54, 1.807) is 0 Å². The van der Waals surface area contributed by atoms with Crippen molar-refractivity contribution < 1.29 is 13.2 Å². The van der Waals surface area contributed by atoms with E-state index in [9.17, 15) is 13.2 Å². The van der Waals surface area contributed by atoms with Crippen LogP contribution in [0.5, 0.6) is 0 Å². The van der Waals surface area contributed by atoms with E-state index >= 15 is 0 Å². The van der Waals surface area contributed by atoms with Gasteiger partial charge in [0.05, 0.1) is 11.9 Å². The third kappa shape index (κ3) is 4.01. The highest BCUT2D eigenvalue weighted by molar-refractivity contribution is 7.92. The Morgan fingerprint density at radius 1 is 1.44 bits per heavy atom. The highest BCUT2D eigenvalue weighted by Gasteiger charge is 2.25. The molecular formula is C19H26N4O3S. The van der Waals surface area contributed by atoms with E-state index in [1.165, 1.54) is 0 Å². The van der Waals surface area contributed by atoms with E-state index in [0.29, 0.717) is 6.54 Å². The summed E-state index contributed by atoms with van der Waals surface area (Å²) in [7, 11) is -3.46. The first-order valence-electron chi connectivity index (χ1n) is 9.00. The quantitative estimate of drug-likeness (QED) is 0.699. The van der Waals surface area contributed by atoms with Gasteiger partial charge in [-0.25, -0.2) is 13.1 Å². The molecule has 27 heavy (non-hydrogen) atoms. The number of amides is 1. The van der Waals surface area contributed by atoms with Crippen molar-refractivity contribution in [3.63, 3.8) is 0 Å². The minimum absolute atomic E-state index is 0.164. The van der Waals surface area contributed by atoms with Gasteiger partial charge in [0.25, 0.3) is 0 Å². The summed E-state index contributed by atoms with van der Waals surface area (Å²) in [6, 6.07) is 3.77. The van der Waals surface area contributed by atoms with E-state index in [1.807, 2.05) is 26.0 Å². The standard InChI is InChI=1S/C19H26N4O3S/c1-4-27(25,26)22-15-6-5-9-23(11-15)16-8-7-14(10-17(20)24)19-18(16)12(2)13(3)21-19/h4,7-8,15,21-22H,1,5-6,9-11H2,2-3H3,(H2,20,24)/t15-/m1/s1. The Bertz CT molecular complexity index is 994. The zero-order valence-corrected chi connectivity index (χ0v) is 16.5. The number of benzene rings is 1. The van der Waals surface area contributed by atoms with Gasteiger partial charge in [-0.1, -0.05) is 12.6 Å². The van der Waals surface area contributed by atoms with Gasteiger partial charge in [-0.05, 0) is 43.9 Å². The van der Waals surface area contributed by atoms with Crippen LogP contribution in [0.3, 0.4) is 0 Å². The van der Waals surface area contributed by atoms with Crippen molar-refractivity contribution in [2.24, 2.45) is 5.73 Å². The third-order valence-electron chi connectivity index (χ3n) is 5.20. The van der Waals surface area contributed by atoms with E-state index in [0.717, 1.165) is 58.2 Å². The number of aromatic nitrogens is 1. The van der Waals surface area contributed by atoms with Gasteiger partial charge < -0.3 is 15.6 Å². The molecule has 0 radical (unpaired) electrons. The van der Waals surface area contributed by atoms with Crippen LogP contribution in [0.15, 0.2) is 24.1 Å². The molecule has 1 fully saturated rings. The summed E-state index contributed by atoms with van der Waals surface area (Å²) in [6.45, 7) is 8.84. The lowest BCUT2D eigenvalue weighted by molar-refractivity contribution is -0.117.